The number of hydrogen-bond donors (Lipinski definition) is 3. The quantitative estimate of drug-likeness (QED) is 0.681. The maximum atomic E-state index is 11.9. The van der Waals surface area contributed by atoms with E-state index in [0.717, 1.165) is 12.8 Å². The average Bonchev–Trinajstić information content (AvgIpc) is 2.95. The Hall–Kier alpha value is -1.09. The first-order valence-electron chi connectivity index (χ1n) is 6.38. The lowest BCUT2D eigenvalue weighted by atomic mass is 9.94. The molecule has 0 aliphatic rings. The van der Waals surface area contributed by atoms with Gasteiger partial charge < -0.3 is 15.5 Å². The molecule has 0 saturated heterocycles. The molecule has 0 aliphatic heterocycles. The molecule has 0 saturated carbocycles. The molecule has 0 unspecified atom stereocenters. The molecule has 0 radical (unpaired) electrons. The van der Waals surface area contributed by atoms with Gasteiger partial charge in [-0.25, -0.2) is 13.1 Å². The van der Waals surface area contributed by atoms with Crippen LogP contribution >= 0.6 is 12.4 Å². The number of rotatable bonds is 7. The molecule has 21 heavy (non-hydrogen) atoms. The van der Waals surface area contributed by atoms with Gasteiger partial charge in [-0.15, -0.1) is 12.4 Å². The van der Waals surface area contributed by atoms with E-state index in [1.54, 1.807) is 0 Å². The van der Waals surface area contributed by atoms with Gasteiger partial charge in [0.2, 0.25) is 5.09 Å². The Morgan fingerprint density at radius 1 is 1.33 bits per heavy atom. The van der Waals surface area contributed by atoms with E-state index in [9.17, 15) is 13.2 Å². The minimum atomic E-state index is -3.68. The number of carbonyl (C=O) groups excluding carboxylic acids is 1. The zero-order valence-corrected chi connectivity index (χ0v) is 13.9. The molecule has 0 aromatic carbocycles. The maximum Gasteiger partial charge on any atom is 0.287 e. The van der Waals surface area contributed by atoms with E-state index in [0.29, 0.717) is 6.54 Å². The molecule has 0 bridgehead atoms. The van der Waals surface area contributed by atoms with Gasteiger partial charge in [-0.2, -0.15) is 0 Å². The van der Waals surface area contributed by atoms with Crippen LogP contribution in [-0.4, -0.2) is 33.5 Å². The fourth-order valence-electron chi connectivity index (χ4n) is 1.53. The molecule has 1 amide bonds. The summed E-state index contributed by atoms with van der Waals surface area (Å²) in [5.41, 5.74) is 5.60. The Morgan fingerprint density at radius 2 is 1.90 bits per heavy atom. The summed E-state index contributed by atoms with van der Waals surface area (Å²) >= 11 is 0. The monoisotopic (exact) mass is 339 g/mol. The van der Waals surface area contributed by atoms with Crippen molar-refractivity contribution >= 4 is 28.3 Å². The van der Waals surface area contributed by atoms with Crippen LogP contribution in [0.2, 0.25) is 0 Å². The second-order valence-electron chi connectivity index (χ2n) is 4.58. The van der Waals surface area contributed by atoms with Gasteiger partial charge in [-0.3, -0.25) is 4.79 Å². The number of carbonyl (C=O) groups is 1. The summed E-state index contributed by atoms with van der Waals surface area (Å²) in [5.74, 6) is -0.548. The number of amides is 1. The molecule has 1 aromatic heterocycles. The van der Waals surface area contributed by atoms with Crippen LogP contribution in [-0.2, 0) is 10.0 Å². The highest BCUT2D eigenvalue weighted by atomic mass is 35.5. The highest BCUT2D eigenvalue weighted by Crippen LogP contribution is 2.14. The largest absolute Gasteiger partial charge is 0.438 e. The zero-order valence-electron chi connectivity index (χ0n) is 12.3. The summed E-state index contributed by atoms with van der Waals surface area (Å²) in [7, 11) is -2.42. The number of nitrogens with one attached hydrogen (secondary N) is 2. The van der Waals surface area contributed by atoms with Crippen LogP contribution < -0.4 is 15.8 Å². The van der Waals surface area contributed by atoms with E-state index in [1.807, 2.05) is 13.8 Å². The smallest absolute Gasteiger partial charge is 0.287 e. The summed E-state index contributed by atoms with van der Waals surface area (Å²) in [6, 6.07) is 2.55. The number of sulfonamides is 1. The van der Waals surface area contributed by atoms with Gasteiger partial charge in [0.05, 0.1) is 0 Å². The van der Waals surface area contributed by atoms with Crippen LogP contribution in [0.5, 0.6) is 0 Å². The van der Waals surface area contributed by atoms with E-state index in [-0.39, 0.29) is 23.3 Å². The van der Waals surface area contributed by atoms with Gasteiger partial charge in [0.1, 0.15) is 0 Å². The van der Waals surface area contributed by atoms with Gasteiger partial charge in [0, 0.05) is 12.1 Å². The van der Waals surface area contributed by atoms with Crippen LogP contribution in [0, 0.1) is 0 Å². The lowest BCUT2D eigenvalue weighted by Crippen LogP contribution is -2.49. The summed E-state index contributed by atoms with van der Waals surface area (Å²) in [6.45, 7) is 4.19. The molecule has 0 aliphatic carbocycles. The van der Waals surface area contributed by atoms with Crippen molar-refractivity contribution in [3.63, 3.8) is 0 Å². The van der Waals surface area contributed by atoms with Crippen molar-refractivity contribution in [3.8, 4) is 0 Å². The third-order valence-electron chi connectivity index (χ3n) is 3.35. The van der Waals surface area contributed by atoms with Crippen molar-refractivity contribution < 1.29 is 17.6 Å². The molecule has 0 fully saturated rings. The van der Waals surface area contributed by atoms with Crippen molar-refractivity contribution in [1.29, 1.82) is 0 Å². The van der Waals surface area contributed by atoms with Crippen LogP contribution in [0.25, 0.3) is 0 Å². The standard InChI is InChI=1S/C12H21N3O4S.ClH/c1-4-12(13,5-2)8-15-11(16)9-6-7-10(19-9)20(17,18)14-3;/h6-7,14H,4-5,8,13H2,1-3H3,(H,15,16);1H. The first kappa shape index (κ1) is 19.9. The normalized spacial score (nSPS) is 11.8. The number of hydrogen-bond acceptors (Lipinski definition) is 5. The molecule has 7 nitrogen and oxygen atoms in total. The molecule has 1 heterocycles. The molecular weight excluding hydrogens is 318 g/mol. The Bertz CT molecular complexity index is 567. The fourth-order valence-corrected chi connectivity index (χ4v) is 2.18. The van der Waals surface area contributed by atoms with Crippen molar-refractivity contribution in [2.24, 2.45) is 5.73 Å². The van der Waals surface area contributed by atoms with E-state index in [4.69, 9.17) is 10.2 Å². The van der Waals surface area contributed by atoms with Crippen LogP contribution in [0.1, 0.15) is 37.2 Å². The van der Waals surface area contributed by atoms with E-state index >= 15 is 0 Å². The summed E-state index contributed by atoms with van der Waals surface area (Å²) in [5, 5.41) is 2.36. The third-order valence-corrected chi connectivity index (χ3v) is 4.63. The van der Waals surface area contributed by atoms with E-state index < -0.39 is 21.5 Å². The molecule has 9 heteroatoms. The van der Waals surface area contributed by atoms with Crippen molar-refractivity contribution in [1.82, 2.24) is 10.0 Å². The summed E-state index contributed by atoms with van der Waals surface area (Å²) in [6.07, 6.45) is 1.45. The summed E-state index contributed by atoms with van der Waals surface area (Å²) in [4.78, 5) is 11.9. The van der Waals surface area contributed by atoms with Crippen LogP contribution in [0.3, 0.4) is 0 Å². The molecular formula is C12H22ClN3O4S. The van der Waals surface area contributed by atoms with Gasteiger partial charge in [-0.05, 0) is 32.0 Å². The lowest BCUT2D eigenvalue weighted by molar-refractivity contribution is 0.0909. The Balaban J connectivity index is 0.00000400. The van der Waals surface area contributed by atoms with E-state index in [2.05, 4.69) is 10.0 Å². The van der Waals surface area contributed by atoms with Gasteiger partial charge in [0.25, 0.3) is 15.9 Å². The number of furan rings is 1. The van der Waals surface area contributed by atoms with Gasteiger partial charge in [0.15, 0.2) is 5.76 Å². The topological polar surface area (TPSA) is 114 Å². The predicted molar refractivity (Wildman–Crippen MR) is 82.0 cm³/mol. The van der Waals surface area contributed by atoms with Crippen LogP contribution in [0.15, 0.2) is 21.6 Å². The predicted octanol–water partition coefficient (Wildman–Crippen LogP) is 0.857. The van der Waals surface area contributed by atoms with Gasteiger partial charge in [-0.1, -0.05) is 13.8 Å². The number of nitrogens with two attached hydrogens (primary N) is 1. The Morgan fingerprint density at radius 3 is 2.38 bits per heavy atom. The minimum absolute atomic E-state index is 0. The first-order chi connectivity index (χ1) is 9.28. The molecule has 1 rings (SSSR count). The highest BCUT2D eigenvalue weighted by Gasteiger charge is 2.23. The molecule has 122 valence electrons. The van der Waals surface area contributed by atoms with E-state index in [1.165, 1.54) is 19.2 Å². The van der Waals surface area contributed by atoms with Crippen molar-refractivity contribution in [2.45, 2.75) is 37.3 Å². The van der Waals surface area contributed by atoms with Crippen LogP contribution in [0.4, 0.5) is 0 Å². The third kappa shape index (κ3) is 4.99. The molecule has 1 aromatic rings. The second-order valence-corrected chi connectivity index (χ2v) is 6.40. The van der Waals surface area contributed by atoms with Gasteiger partial charge >= 0.3 is 0 Å². The average molecular weight is 340 g/mol. The molecule has 0 spiro atoms. The van der Waals surface area contributed by atoms with Crippen molar-refractivity contribution in [3.05, 3.63) is 17.9 Å². The van der Waals surface area contributed by atoms with Crippen molar-refractivity contribution in [2.75, 3.05) is 13.6 Å². The highest BCUT2D eigenvalue weighted by molar-refractivity contribution is 7.89. The Labute approximate surface area is 131 Å². The molecule has 0 atom stereocenters. The SMILES string of the molecule is CCC(N)(CC)CNC(=O)c1ccc(S(=O)(=O)NC)o1.Cl. The Kier molecular flexibility index (Phi) is 7.38. The number of halogens is 1. The maximum absolute atomic E-state index is 11.9. The second kappa shape index (κ2) is 7.79. The zero-order chi connectivity index (χ0) is 15.4. The summed E-state index contributed by atoms with van der Waals surface area (Å²) < 4.78 is 30.1. The first-order valence-corrected chi connectivity index (χ1v) is 7.86. The lowest BCUT2D eigenvalue weighted by Gasteiger charge is -2.26. The fraction of sp³-hybridized carbons (Fsp3) is 0.583. The minimum Gasteiger partial charge on any atom is -0.438 e. The molecule has 4 N–H and O–H groups in total.